The average Bonchev–Trinajstić information content (AvgIpc) is 2.64. The second-order valence-electron chi connectivity index (χ2n) is 6.18. The van der Waals surface area contributed by atoms with Crippen LogP contribution in [-0.4, -0.2) is 29.3 Å². The third-order valence-electron chi connectivity index (χ3n) is 4.26. The van der Waals surface area contributed by atoms with E-state index in [-0.39, 0.29) is 11.1 Å². The fraction of sp³-hybridized carbons (Fsp3) is 0.250. The molecule has 1 heterocycles. The predicted molar refractivity (Wildman–Crippen MR) is 101 cm³/mol. The predicted octanol–water partition coefficient (Wildman–Crippen LogP) is 2.22. The summed E-state index contributed by atoms with van der Waals surface area (Å²) in [5.41, 5.74) is 2.27. The van der Waals surface area contributed by atoms with E-state index in [0.717, 1.165) is 16.9 Å². The number of amides is 1. The first kappa shape index (κ1) is 17.7. The molecule has 2 aromatic carbocycles. The fourth-order valence-electron chi connectivity index (χ4n) is 2.87. The zero-order valence-electron chi connectivity index (χ0n) is 15.1. The van der Waals surface area contributed by atoms with Crippen molar-refractivity contribution in [1.29, 1.82) is 0 Å². The van der Waals surface area contributed by atoms with E-state index in [4.69, 9.17) is 4.74 Å². The lowest BCUT2D eigenvalue weighted by Gasteiger charge is -2.09. The van der Waals surface area contributed by atoms with Crippen molar-refractivity contribution in [2.45, 2.75) is 13.3 Å². The molecule has 0 aliphatic heterocycles. The van der Waals surface area contributed by atoms with Crippen molar-refractivity contribution in [3.63, 3.8) is 0 Å². The highest BCUT2D eigenvalue weighted by molar-refractivity contribution is 5.95. The molecule has 0 aliphatic rings. The highest BCUT2D eigenvalue weighted by Crippen LogP contribution is 2.13. The van der Waals surface area contributed by atoms with E-state index in [1.165, 1.54) is 0 Å². The number of nitrogens with one attached hydrogen (secondary N) is 1. The number of rotatable bonds is 5. The molecule has 0 fully saturated rings. The molecule has 0 radical (unpaired) electrons. The summed E-state index contributed by atoms with van der Waals surface area (Å²) < 4.78 is 6.75. The van der Waals surface area contributed by atoms with Crippen molar-refractivity contribution in [3.05, 3.63) is 69.5 Å². The number of benzene rings is 2. The zero-order valence-corrected chi connectivity index (χ0v) is 15.1. The van der Waals surface area contributed by atoms with Crippen molar-refractivity contribution in [2.24, 2.45) is 7.05 Å². The van der Waals surface area contributed by atoms with Gasteiger partial charge in [0.15, 0.2) is 5.69 Å². The molecule has 0 saturated heterocycles. The molecular weight excluding hydrogens is 330 g/mol. The van der Waals surface area contributed by atoms with Gasteiger partial charge in [0.1, 0.15) is 5.75 Å². The van der Waals surface area contributed by atoms with Gasteiger partial charge in [0.2, 0.25) is 5.43 Å². The standard InChI is InChI=1S/C20H21N3O3/c1-13-7-8-17-16(11-13)19(24)18(22-23(17)2)20(25)21-10-9-14-5-4-6-15(12-14)26-3/h4-8,11-12H,9-10H2,1-3H3,(H,21,25). The summed E-state index contributed by atoms with van der Waals surface area (Å²) in [5.74, 6) is 0.311. The summed E-state index contributed by atoms with van der Waals surface area (Å²) in [6, 6.07) is 13.2. The monoisotopic (exact) mass is 351 g/mol. The number of hydrogen-bond donors (Lipinski definition) is 1. The molecule has 26 heavy (non-hydrogen) atoms. The van der Waals surface area contributed by atoms with E-state index >= 15 is 0 Å². The van der Waals surface area contributed by atoms with E-state index in [2.05, 4.69) is 10.4 Å². The van der Waals surface area contributed by atoms with Crippen LogP contribution in [0.1, 0.15) is 21.6 Å². The Hall–Kier alpha value is -3.15. The average molecular weight is 351 g/mol. The van der Waals surface area contributed by atoms with Crippen molar-refractivity contribution >= 4 is 16.8 Å². The van der Waals surface area contributed by atoms with Gasteiger partial charge >= 0.3 is 0 Å². The zero-order chi connectivity index (χ0) is 18.7. The van der Waals surface area contributed by atoms with Gasteiger partial charge in [0.25, 0.3) is 5.91 Å². The van der Waals surface area contributed by atoms with Crippen molar-refractivity contribution in [1.82, 2.24) is 15.1 Å². The highest BCUT2D eigenvalue weighted by atomic mass is 16.5. The van der Waals surface area contributed by atoms with Gasteiger partial charge in [-0.05, 0) is 43.2 Å². The summed E-state index contributed by atoms with van der Waals surface area (Å²) in [7, 11) is 3.34. The minimum Gasteiger partial charge on any atom is -0.497 e. The van der Waals surface area contributed by atoms with Gasteiger partial charge in [-0.2, -0.15) is 5.10 Å². The van der Waals surface area contributed by atoms with Crippen LogP contribution in [0.3, 0.4) is 0 Å². The smallest absolute Gasteiger partial charge is 0.275 e. The molecule has 6 heteroatoms. The van der Waals surface area contributed by atoms with Gasteiger partial charge in [-0.3, -0.25) is 14.3 Å². The molecule has 134 valence electrons. The number of nitrogens with zero attached hydrogens (tertiary/aromatic N) is 2. The van der Waals surface area contributed by atoms with E-state index in [1.54, 1.807) is 24.9 Å². The Morgan fingerprint density at radius 3 is 2.81 bits per heavy atom. The first-order chi connectivity index (χ1) is 12.5. The molecule has 0 saturated carbocycles. The number of ether oxygens (including phenoxy) is 1. The Bertz CT molecular complexity index is 1020. The lowest BCUT2D eigenvalue weighted by atomic mass is 10.1. The molecular formula is C20H21N3O3. The maximum atomic E-state index is 12.6. The van der Waals surface area contributed by atoms with Crippen LogP contribution in [0.2, 0.25) is 0 Å². The number of methoxy groups -OCH3 is 1. The van der Waals surface area contributed by atoms with Crippen molar-refractivity contribution < 1.29 is 9.53 Å². The van der Waals surface area contributed by atoms with Crippen LogP contribution in [0.25, 0.3) is 10.9 Å². The SMILES string of the molecule is COc1cccc(CCNC(=O)c2nn(C)c3ccc(C)cc3c2=O)c1. The van der Waals surface area contributed by atoms with Crippen LogP contribution < -0.4 is 15.5 Å². The Kier molecular flexibility index (Phi) is 5.02. The van der Waals surface area contributed by atoms with Crippen LogP contribution in [0, 0.1) is 6.92 Å². The molecule has 0 unspecified atom stereocenters. The third kappa shape index (κ3) is 3.59. The first-order valence-electron chi connectivity index (χ1n) is 8.38. The quantitative estimate of drug-likeness (QED) is 0.765. The molecule has 0 bridgehead atoms. The van der Waals surface area contributed by atoms with Crippen LogP contribution in [0.4, 0.5) is 0 Å². The van der Waals surface area contributed by atoms with Gasteiger partial charge in [0.05, 0.1) is 18.0 Å². The van der Waals surface area contributed by atoms with E-state index < -0.39 is 5.91 Å². The van der Waals surface area contributed by atoms with Crippen molar-refractivity contribution in [2.75, 3.05) is 13.7 Å². The largest absolute Gasteiger partial charge is 0.497 e. The minimum atomic E-state index is -0.461. The number of carbonyl (C=O) groups excluding carboxylic acids is 1. The number of aryl methyl sites for hydroxylation is 2. The van der Waals surface area contributed by atoms with E-state index in [9.17, 15) is 9.59 Å². The third-order valence-corrected chi connectivity index (χ3v) is 4.26. The Morgan fingerprint density at radius 2 is 2.04 bits per heavy atom. The molecule has 0 atom stereocenters. The Morgan fingerprint density at radius 1 is 1.23 bits per heavy atom. The Balaban J connectivity index is 1.77. The summed E-state index contributed by atoms with van der Waals surface area (Å²) in [5, 5.41) is 7.43. The van der Waals surface area contributed by atoms with Gasteiger partial charge < -0.3 is 10.1 Å². The van der Waals surface area contributed by atoms with Crippen LogP contribution in [-0.2, 0) is 13.5 Å². The number of aromatic nitrogens is 2. The molecule has 3 rings (SSSR count). The van der Waals surface area contributed by atoms with Crippen LogP contribution in [0.5, 0.6) is 5.75 Å². The lowest BCUT2D eigenvalue weighted by Crippen LogP contribution is -2.33. The number of carbonyl (C=O) groups is 1. The van der Waals surface area contributed by atoms with Gasteiger partial charge in [-0.15, -0.1) is 0 Å². The number of hydrogen-bond acceptors (Lipinski definition) is 4. The minimum absolute atomic E-state index is 0.0868. The molecule has 0 aliphatic carbocycles. The topological polar surface area (TPSA) is 73.2 Å². The number of fused-ring (bicyclic) bond motifs is 1. The molecule has 1 aromatic heterocycles. The molecule has 0 spiro atoms. The summed E-state index contributed by atoms with van der Waals surface area (Å²) in [6.45, 7) is 2.32. The van der Waals surface area contributed by atoms with Crippen molar-refractivity contribution in [3.8, 4) is 5.75 Å². The van der Waals surface area contributed by atoms with E-state index in [0.29, 0.717) is 23.9 Å². The van der Waals surface area contributed by atoms with Crippen LogP contribution in [0.15, 0.2) is 47.3 Å². The summed E-state index contributed by atoms with van der Waals surface area (Å²) in [6.07, 6.45) is 0.635. The van der Waals surface area contributed by atoms with Gasteiger partial charge in [-0.25, -0.2) is 0 Å². The lowest BCUT2D eigenvalue weighted by molar-refractivity contribution is 0.0946. The molecule has 1 N–H and O–H groups in total. The molecule has 1 amide bonds. The van der Waals surface area contributed by atoms with E-state index in [1.807, 2.05) is 43.3 Å². The second-order valence-corrected chi connectivity index (χ2v) is 6.18. The first-order valence-corrected chi connectivity index (χ1v) is 8.38. The molecule has 3 aromatic rings. The summed E-state index contributed by atoms with van der Waals surface area (Å²) in [4.78, 5) is 25.1. The second kappa shape index (κ2) is 7.39. The highest BCUT2D eigenvalue weighted by Gasteiger charge is 2.16. The van der Waals surface area contributed by atoms with Gasteiger partial charge in [0, 0.05) is 13.6 Å². The summed E-state index contributed by atoms with van der Waals surface area (Å²) >= 11 is 0. The van der Waals surface area contributed by atoms with Crippen LogP contribution >= 0.6 is 0 Å². The van der Waals surface area contributed by atoms with Gasteiger partial charge in [-0.1, -0.05) is 23.8 Å². The maximum absolute atomic E-state index is 12.6. The molecule has 6 nitrogen and oxygen atoms in total. The maximum Gasteiger partial charge on any atom is 0.275 e. The fourth-order valence-corrected chi connectivity index (χ4v) is 2.87. The Labute approximate surface area is 151 Å². The normalized spacial score (nSPS) is 10.7.